The number of carbonyl (C=O) groups is 2. The van der Waals surface area contributed by atoms with Gasteiger partial charge in [-0.2, -0.15) is 0 Å². The van der Waals surface area contributed by atoms with Crippen molar-refractivity contribution in [1.29, 1.82) is 0 Å². The number of anilines is 1. The van der Waals surface area contributed by atoms with Crippen molar-refractivity contribution in [3.05, 3.63) is 64.7 Å². The fraction of sp³-hybridized carbons (Fsp3) is 0.263. The molecule has 2 N–H and O–H groups in total. The van der Waals surface area contributed by atoms with Gasteiger partial charge in [-0.25, -0.2) is 4.79 Å². The molecule has 0 unspecified atom stereocenters. The summed E-state index contributed by atoms with van der Waals surface area (Å²) in [4.78, 5) is 23.3. The van der Waals surface area contributed by atoms with Gasteiger partial charge < -0.3 is 10.4 Å². The Balaban J connectivity index is 1.61. The maximum Gasteiger partial charge on any atom is 0.335 e. The first-order chi connectivity index (χ1) is 11.1. The van der Waals surface area contributed by atoms with Gasteiger partial charge in [0, 0.05) is 12.1 Å². The van der Waals surface area contributed by atoms with Crippen LogP contribution in [0.5, 0.6) is 0 Å². The van der Waals surface area contributed by atoms with E-state index in [0.29, 0.717) is 12.0 Å². The van der Waals surface area contributed by atoms with E-state index in [4.69, 9.17) is 5.11 Å². The minimum absolute atomic E-state index is 0.0943. The smallest absolute Gasteiger partial charge is 0.335 e. The van der Waals surface area contributed by atoms with Gasteiger partial charge in [0.25, 0.3) is 0 Å². The normalized spacial score (nSPS) is 12.7. The fourth-order valence-electron chi connectivity index (χ4n) is 3.07. The van der Waals surface area contributed by atoms with Gasteiger partial charge in [0.05, 0.1) is 5.56 Å². The highest BCUT2D eigenvalue weighted by molar-refractivity contribution is 5.92. The predicted octanol–water partition coefficient (Wildman–Crippen LogP) is 3.44. The van der Waals surface area contributed by atoms with Crippen LogP contribution < -0.4 is 5.32 Å². The topological polar surface area (TPSA) is 66.4 Å². The largest absolute Gasteiger partial charge is 0.478 e. The van der Waals surface area contributed by atoms with Crippen molar-refractivity contribution < 1.29 is 14.7 Å². The molecule has 0 bridgehead atoms. The molecule has 2 aromatic rings. The molecule has 0 aliphatic heterocycles. The van der Waals surface area contributed by atoms with E-state index in [-0.39, 0.29) is 17.9 Å². The molecule has 1 amide bonds. The lowest BCUT2D eigenvalue weighted by molar-refractivity contribution is -0.116. The number of rotatable bonds is 5. The number of carboxylic acid groups (broad SMARTS) is 1. The van der Waals surface area contributed by atoms with Crippen LogP contribution in [0.3, 0.4) is 0 Å². The molecule has 4 nitrogen and oxygen atoms in total. The van der Waals surface area contributed by atoms with E-state index < -0.39 is 5.97 Å². The van der Waals surface area contributed by atoms with Gasteiger partial charge in [0.1, 0.15) is 0 Å². The van der Waals surface area contributed by atoms with E-state index >= 15 is 0 Å². The van der Waals surface area contributed by atoms with Crippen molar-refractivity contribution >= 4 is 17.6 Å². The molecule has 0 fully saturated rings. The Kier molecular flexibility index (Phi) is 4.42. The second-order valence-electron chi connectivity index (χ2n) is 5.85. The van der Waals surface area contributed by atoms with Crippen molar-refractivity contribution in [2.45, 2.75) is 32.1 Å². The zero-order valence-corrected chi connectivity index (χ0v) is 12.8. The van der Waals surface area contributed by atoms with E-state index in [1.807, 2.05) is 12.1 Å². The highest BCUT2D eigenvalue weighted by Gasteiger charge is 2.13. The van der Waals surface area contributed by atoms with E-state index in [0.717, 1.165) is 18.5 Å². The number of hydrogen-bond donors (Lipinski definition) is 2. The molecule has 1 aliphatic carbocycles. The Morgan fingerprint density at radius 2 is 1.83 bits per heavy atom. The summed E-state index contributed by atoms with van der Waals surface area (Å²) in [6.45, 7) is 0. The number of amides is 1. The summed E-state index contributed by atoms with van der Waals surface area (Å²) in [6.07, 6.45) is 4.06. The molecule has 1 aliphatic rings. The molecule has 0 heterocycles. The number of carbonyl (C=O) groups excluding carboxylic acids is 1. The number of aryl methyl sites for hydroxylation is 3. The maximum atomic E-state index is 12.1. The molecule has 4 heteroatoms. The zero-order valence-electron chi connectivity index (χ0n) is 12.8. The Labute approximate surface area is 135 Å². The average molecular weight is 309 g/mol. The quantitative estimate of drug-likeness (QED) is 0.889. The van der Waals surface area contributed by atoms with Crippen LogP contribution in [0, 0.1) is 0 Å². The van der Waals surface area contributed by atoms with Gasteiger partial charge >= 0.3 is 5.97 Å². The predicted molar refractivity (Wildman–Crippen MR) is 88.8 cm³/mol. The van der Waals surface area contributed by atoms with Crippen molar-refractivity contribution in [1.82, 2.24) is 0 Å². The van der Waals surface area contributed by atoms with Crippen molar-refractivity contribution in [2.24, 2.45) is 0 Å². The summed E-state index contributed by atoms with van der Waals surface area (Å²) in [7, 11) is 0. The number of aromatic carboxylic acids is 1. The maximum absolute atomic E-state index is 12.1. The first-order valence-corrected chi connectivity index (χ1v) is 7.86. The average Bonchev–Trinajstić information content (AvgIpc) is 3.00. The monoisotopic (exact) mass is 309 g/mol. The van der Waals surface area contributed by atoms with Crippen molar-refractivity contribution in [3.8, 4) is 0 Å². The highest BCUT2D eigenvalue weighted by atomic mass is 16.4. The summed E-state index contributed by atoms with van der Waals surface area (Å²) in [5.74, 6) is -1.05. The molecule has 3 rings (SSSR count). The molecule has 23 heavy (non-hydrogen) atoms. The van der Waals surface area contributed by atoms with Crippen LogP contribution in [0.1, 0.15) is 39.9 Å². The second-order valence-corrected chi connectivity index (χ2v) is 5.85. The Bertz CT molecular complexity index is 752. The van der Waals surface area contributed by atoms with Crippen LogP contribution in [0.4, 0.5) is 5.69 Å². The van der Waals surface area contributed by atoms with Crippen molar-refractivity contribution in [2.75, 3.05) is 5.32 Å². The van der Waals surface area contributed by atoms with E-state index in [1.54, 1.807) is 24.3 Å². The molecule has 0 atom stereocenters. The zero-order chi connectivity index (χ0) is 16.2. The molecule has 0 saturated carbocycles. The summed E-state index contributed by atoms with van der Waals surface area (Å²) < 4.78 is 0. The lowest BCUT2D eigenvalue weighted by Gasteiger charge is -2.09. The number of carboxylic acids is 1. The van der Waals surface area contributed by atoms with Crippen LogP contribution in [0.25, 0.3) is 0 Å². The third-order valence-electron chi connectivity index (χ3n) is 4.25. The Hall–Kier alpha value is -2.62. The van der Waals surface area contributed by atoms with Gasteiger partial charge in [-0.15, -0.1) is 0 Å². The standard InChI is InChI=1S/C19H19NO3/c21-18(11-9-14-4-1-2-7-17(14)19(22)23)20-16-10-8-13-5-3-6-15(13)12-16/h1-2,4,7-8,10,12H,3,5-6,9,11H2,(H,20,21)(H,22,23). The van der Waals surface area contributed by atoms with Gasteiger partial charge in [-0.3, -0.25) is 4.79 Å². The third kappa shape index (κ3) is 3.59. The Morgan fingerprint density at radius 1 is 1.04 bits per heavy atom. The van der Waals surface area contributed by atoms with Crippen LogP contribution in [0.15, 0.2) is 42.5 Å². The molecule has 0 saturated heterocycles. The molecular weight excluding hydrogens is 290 g/mol. The summed E-state index contributed by atoms with van der Waals surface area (Å²) in [5, 5.41) is 12.1. The summed E-state index contributed by atoms with van der Waals surface area (Å²) in [5.41, 5.74) is 4.46. The minimum Gasteiger partial charge on any atom is -0.478 e. The van der Waals surface area contributed by atoms with E-state index in [1.165, 1.54) is 17.5 Å². The van der Waals surface area contributed by atoms with Crippen LogP contribution in [-0.4, -0.2) is 17.0 Å². The number of hydrogen-bond acceptors (Lipinski definition) is 2. The minimum atomic E-state index is -0.959. The fourth-order valence-corrected chi connectivity index (χ4v) is 3.07. The Morgan fingerprint density at radius 3 is 2.65 bits per heavy atom. The molecule has 0 aromatic heterocycles. The number of benzene rings is 2. The number of fused-ring (bicyclic) bond motifs is 1. The van der Waals surface area contributed by atoms with E-state index in [2.05, 4.69) is 11.4 Å². The lowest BCUT2D eigenvalue weighted by Crippen LogP contribution is -2.13. The number of nitrogens with one attached hydrogen (secondary N) is 1. The van der Waals surface area contributed by atoms with Gasteiger partial charge in [-0.05, 0) is 60.6 Å². The van der Waals surface area contributed by atoms with Crippen molar-refractivity contribution in [3.63, 3.8) is 0 Å². The molecular formula is C19H19NO3. The van der Waals surface area contributed by atoms with E-state index in [9.17, 15) is 9.59 Å². The van der Waals surface area contributed by atoms with Gasteiger partial charge in [-0.1, -0.05) is 24.3 Å². The van der Waals surface area contributed by atoms with Crippen LogP contribution in [-0.2, 0) is 24.1 Å². The summed E-state index contributed by atoms with van der Waals surface area (Å²) >= 11 is 0. The van der Waals surface area contributed by atoms with Gasteiger partial charge in [0.15, 0.2) is 0 Å². The SMILES string of the molecule is O=C(CCc1ccccc1C(=O)O)Nc1ccc2c(c1)CCC2. The second kappa shape index (κ2) is 6.65. The molecule has 2 aromatic carbocycles. The summed E-state index contributed by atoms with van der Waals surface area (Å²) in [6, 6.07) is 12.9. The third-order valence-corrected chi connectivity index (χ3v) is 4.25. The molecule has 0 radical (unpaired) electrons. The first-order valence-electron chi connectivity index (χ1n) is 7.86. The van der Waals surface area contributed by atoms with Crippen LogP contribution in [0.2, 0.25) is 0 Å². The molecule has 118 valence electrons. The first kappa shape index (κ1) is 15.3. The molecule has 0 spiro atoms. The highest BCUT2D eigenvalue weighted by Crippen LogP contribution is 2.25. The van der Waals surface area contributed by atoms with Crippen LogP contribution >= 0.6 is 0 Å². The lowest BCUT2D eigenvalue weighted by atomic mass is 10.0. The van der Waals surface area contributed by atoms with Gasteiger partial charge in [0.2, 0.25) is 5.91 Å².